The number of amides is 1. The van der Waals surface area contributed by atoms with E-state index in [1.54, 1.807) is 0 Å². The largest absolute Gasteiger partial charge is 0.362 e. The first-order chi connectivity index (χ1) is 15.4. The lowest BCUT2D eigenvalue weighted by Gasteiger charge is -2.30. The number of aromatic nitrogens is 2. The Balaban J connectivity index is 1.30. The Hall–Kier alpha value is -2.77. The molecule has 8 heteroatoms. The maximum Gasteiger partial charge on any atom is 0.251 e. The summed E-state index contributed by atoms with van der Waals surface area (Å²) in [4.78, 5) is 23.9. The minimum atomic E-state index is -0.747. The number of benzene rings is 1. The van der Waals surface area contributed by atoms with Crippen LogP contribution in [-0.4, -0.2) is 42.6 Å². The van der Waals surface area contributed by atoms with Crippen molar-refractivity contribution in [3.8, 4) is 0 Å². The van der Waals surface area contributed by atoms with Gasteiger partial charge in [-0.2, -0.15) is 4.98 Å². The summed E-state index contributed by atoms with van der Waals surface area (Å²) >= 11 is 0. The minimum Gasteiger partial charge on any atom is -0.362 e. The molecule has 0 aliphatic heterocycles. The minimum absolute atomic E-state index is 0.0131. The highest BCUT2D eigenvalue weighted by Crippen LogP contribution is 2.30. The van der Waals surface area contributed by atoms with Gasteiger partial charge in [-0.05, 0) is 69.4 Å². The van der Waals surface area contributed by atoms with Gasteiger partial charge in [0.1, 0.15) is 17.5 Å². The molecule has 1 saturated carbocycles. The Bertz CT molecular complexity index is 953. The lowest BCUT2D eigenvalue weighted by atomic mass is 9.86. The molecule has 0 radical (unpaired) electrons. The zero-order chi connectivity index (χ0) is 22.7. The smallest absolute Gasteiger partial charge is 0.251 e. The maximum absolute atomic E-state index is 13.3. The summed E-state index contributed by atoms with van der Waals surface area (Å²) in [6.45, 7) is 0.504. The van der Waals surface area contributed by atoms with Crippen molar-refractivity contribution >= 4 is 17.7 Å². The van der Waals surface area contributed by atoms with Crippen LogP contribution in [0.15, 0.2) is 18.2 Å². The fraction of sp³-hybridized carbons (Fsp3) is 0.542. The molecule has 1 fully saturated rings. The summed E-state index contributed by atoms with van der Waals surface area (Å²) in [5.41, 5.74) is 2.46. The maximum atomic E-state index is 13.3. The van der Waals surface area contributed by atoms with Crippen LogP contribution in [0.2, 0.25) is 0 Å². The highest BCUT2D eigenvalue weighted by molar-refractivity contribution is 5.94. The number of carbonyl (C=O) groups is 1. The zero-order valence-electron chi connectivity index (χ0n) is 18.8. The number of aryl methyl sites for hydroxylation is 1. The van der Waals surface area contributed by atoms with Gasteiger partial charge in [0.15, 0.2) is 0 Å². The molecule has 172 valence electrons. The molecule has 2 aliphatic rings. The molecule has 1 aromatic carbocycles. The van der Waals surface area contributed by atoms with Crippen molar-refractivity contribution < 1.29 is 13.6 Å². The summed E-state index contributed by atoms with van der Waals surface area (Å²) in [5.74, 6) is 0.133. The number of nitrogens with one attached hydrogen (secondary N) is 2. The first kappa shape index (κ1) is 22.4. The summed E-state index contributed by atoms with van der Waals surface area (Å²) in [6.07, 6.45) is 8.27. The van der Waals surface area contributed by atoms with Crippen molar-refractivity contribution in [1.29, 1.82) is 0 Å². The molecule has 32 heavy (non-hydrogen) atoms. The van der Waals surface area contributed by atoms with Crippen LogP contribution in [-0.2, 0) is 12.8 Å². The molecule has 2 N–H and O–H groups in total. The summed E-state index contributed by atoms with van der Waals surface area (Å²) in [6, 6.07) is 3.18. The van der Waals surface area contributed by atoms with Crippen LogP contribution in [0.5, 0.6) is 0 Å². The van der Waals surface area contributed by atoms with Gasteiger partial charge in [0.25, 0.3) is 5.91 Å². The Morgan fingerprint density at radius 1 is 1.03 bits per heavy atom. The van der Waals surface area contributed by atoms with Crippen molar-refractivity contribution in [3.63, 3.8) is 0 Å². The van der Waals surface area contributed by atoms with Crippen LogP contribution >= 0.6 is 0 Å². The quantitative estimate of drug-likeness (QED) is 0.704. The van der Waals surface area contributed by atoms with Gasteiger partial charge >= 0.3 is 0 Å². The van der Waals surface area contributed by atoms with E-state index in [0.717, 1.165) is 62.5 Å². The summed E-state index contributed by atoms with van der Waals surface area (Å²) in [5, 5.41) is 6.35. The Labute approximate surface area is 187 Å². The highest BCUT2D eigenvalue weighted by atomic mass is 19.1. The SMILES string of the molecule is CN(C)c1nc(NC2CCC(CNC(=O)c3cc(F)cc(F)c3)CC2)nc2c1CCCC2. The van der Waals surface area contributed by atoms with Crippen LogP contribution in [0, 0.1) is 17.6 Å². The second-order valence-corrected chi connectivity index (χ2v) is 9.13. The molecule has 1 aromatic heterocycles. The van der Waals surface area contributed by atoms with Gasteiger partial charge in [-0.3, -0.25) is 4.79 Å². The van der Waals surface area contributed by atoms with Crippen LogP contribution in [0.25, 0.3) is 0 Å². The van der Waals surface area contributed by atoms with E-state index in [9.17, 15) is 13.6 Å². The van der Waals surface area contributed by atoms with Gasteiger partial charge in [0.05, 0.1) is 5.69 Å². The molecule has 0 saturated heterocycles. The van der Waals surface area contributed by atoms with Crippen LogP contribution in [0.3, 0.4) is 0 Å². The lowest BCUT2D eigenvalue weighted by molar-refractivity contribution is 0.0942. The third kappa shape index (κ3) is 5.34. The molecule has 4 rings (SSSR count). The molecular weight excluding hydrogens is 412 g/mol. The number of anilines is 2. The number of hydrogen-bond acceptors (Lipinski definition) is 5. The molecule has 1 heterocycles. The number of halogens is 2. The molecule has 6 nitrogen and oxygen atoms in total. The number of hydrogen-bond donors (Lipinski definition) is 2. The standard InChI is InChI=1S/C24H31F2N5O/c1-31(2)22-20-5-3-4-6-21(20)29-24(30-22)28-19-9-7-15(8-10-19)14-27-23(32)16-11-17(25)13-18(26)12-16/h11-13,15,19H,3-10,14H2,1-2H3,(H,27,32)(H,28,29,30). The number of rotatable bonds is 6. The van der Waals surface area contributed by atoms with Crippen molar-refractivity contribution in [2.75, 3.05) is 30.9 Å². The van der Waals surface area contributed by atoms with E-state index in [2.05, 4.69) is 15.5 Å². The van der Waals surface area contributed by atoms with Crippen molar-refractivity contribution in [1.82, 2.24) is 15.3 Å². The van der Waals surface area contributed by atoms with Crippen molar-refractivity contribution in [3.05, 3.63) is 46.7 Å². The van der Waals surface area contributed by atoms with E-state index in [1.807, 2.05) is 14.1 Å². The normalized spacial score (nSPS) is 20.4. The second kappa shape index (κ2) is 9.79. The van der Waals surface area contributed by atoms with Crippen molar-refractivity contribution in [2.24, 2.45) is 5.92 Å². The third-order valence-electron chi connectivity index (χ3n) is 6.44. The van der Waals surface area contributed by atoms with Crippen LogP contribution in [0.1, 0.15) is 60.1 Å². The Kier molecular flexibility index (Phi) is 6.86. The van der Waals surface area contributed by atoms with Gasteiger partial charge in [0.2, 0.25) is 5.95 Å². The van der Waals surface area contributed by atoms with E-state index >= 15 is 0 Å². The van der Waals surface area contributed by atoms with Crippen LogP contribution < -0.4 is 15.5 Å². The van der Waals surface area contributed by atoms with E-state index in [0.29, 0.717) is 24.5 Å². The van der Waals surface area contributed by atoms with E-state index in [4.69, 9.17) is 9.97 Å². The van der Waals surface area contributed by atoms with Gasteiger partial charge in [-0.1, -0.05) is 0 Å². The summed E-state index contributed by atoms with van der Waals surface area (Å²) < 4.78 is 26.7. The van der Waals surface area contributed by atoms with E-state index in [-0.39, 0.29) is 5.56 Å². The fourth-order valence-electron chi connectivity index (χ4n) is 4.73. The average Bonchev–Trinajstić information content (AvgIpc) is 2.77. The first-order valence-corrected chi connectivity index (χ1v) is 11.5. The Morgan fingerprint density at radius 2 is 1.72 bits per heavy atom. The summed E-state index contributed by atoms with van der Waals surface area (Å²) in [7, 11) is 4.05. The topological polar surface area (TPSA) is 70.2 Å². The monoisotopic (exact) mass is 443 g/mol. The molecular formula is C24H31F2N5O. The van der Waals surface area contributed by atoms with Gasteiger partial charge in [-0.25, -0.2) is 13.8 Å². The van der Waals surface area contributed by atoms with E-state index in [1.165, 1.54) is 24.1 Å². The van der Waals surface area contributed by atoms with E-state index < -0.39 is 17.5 Å². The molecule has 1 amide bonds. The number of carbonyl (C=O) groups excluding carboxylic acids is 1. The molecule has 0 bridgehead atoms. The van der Waals surface area contributed by atoms with Gasteiger partial charge < -0.3 is 15.5 Å². The average molecular weight is 444 g/mol. The third-order valence-corrected chi connectivity index (χ3v) is 6.44. The molecule has 0 spiro atoms. The van der Waals surface area contributed by atoms with Crippen molar-refractivity contribution in [2.45, 2.75) is 57.4 Å². The Morgan fingerprint density at radius 3 is 2.41 bits per heavy atom. The van der Waals surface area contributed by atoms with Gasteiger partial charge in [0, 0.05) is 43.9 Å². The first-order valence-electron chi connectivity index (χ1n) is 11.5. The lowest BCUT2D eigenvalue weighted by Crippen LogP contribution is -2.34. The highest BCUT2D eigenvalue weighted by Gasteiger charge is 2.24. The number of nitrogens with zero attached hydrogens (tertiary/aromatic N) is 3. The molecule has 2 aliphatic carbocycles. The van der Waals surface area contributed by atoms with Gasteiger partial charge in [-0.15, -0.1) is 0 Å². The predicted molar refractivity (Wildman–Crippen MR) is 121 cm³/mol. The zero-order valence-corrected chi connectivity index (χ0v) is 18.8. The molecule has 0 atom stereocenters. The molecule has 0 unspecified atom stereocenters. The fourth-order valence-corrected chi connectivity index (χ4v) is 4.73. The molecule has 2 aromatic rings. The predicted octanol–water partition coefficient (Wildman–Crippen LogP) is 4.10. The second-order valence-electron chi connectivity index (χ2n) is 9.13. The van der Waals surface area contributed by atoms with Crippen LogP contribution in [0.4, 0.5) is 20.5 Å². The number of fused-ring (bicyclic) bond motifs is 1.